The van der Waals surface area contributed by atoms with Crippen LogP contribution in [0.4, 0.5) is 0 Å². The van der Waals surface area contributed by atoms with Crippen molar-refractivity contribution in [2.75, 3.05) is 13.2 Å². The lowest BCUT2D eigenvalue weighted by atomic mass is 10.2. The van der Waals surface area contributed by atoms with Crippen LogP contribution < -0.4 is 0 Å². The Morgan fingerprint density at radius 2 is 2.33 bits per heavy atom. The lowest BCUT2D eigenvalue weighted by molar-refractivity contribution is 0.0699. The maximum atomic E-state index is 11.0. The van der Waals surface area contributed by atoms with E-state index in [4.69, 9.17) is 9.84 Å². The lowest BCUT2D eigenvalue weighted by Crippen LogP contribution is -2.04. The molecule has 0 aliphatic rings. The molecule has 0 aliphatic carbocycles. The van der Waals surface area contributed by atoms with Crippen molar-refractivity contribution in [3.05, 3.63) is 23.8 Å². The van der Waals surface area contributed by atoms with Crippen LogP contribution in [0.5, 0.6) is 0 Å². The van der Waals surface area contributed by atoms with Gasteiger partial charge in [-0.05, 0) is 25.5 Å². The molecule has 0 unspecified atom stereocenters. The average molecular weight is 249 g/mol. The Bertz CT molecular complexity index is 550. The van der Waals surface area contributed by atoms with Crippen molar-refractivity contribution in [1.82, 2.24) is 15.0 Å². The van der Waals surface area contributed by atoms with E-state index in [1.807, 2.05) is 13.0 Å². The molecule has 96 valence electrons. The van der Waals surface area contributed by atoms with Crippen molar-refractivity contribution >= 4 is 17.0 Å². The van der Waals surface area contributed by atoms with E-state index in [1.54, 1.807) is 10.7 Å². The smallest absolute Gasteiger partial charge is 0.338 e. The van der Waals surface area contributed by atoms with E-state index in [1.165, 1.54) is 6.07 Å². The van der Waals surface area contributed by atoms with Crippen LogP contribution in [0.15, 0.2) is 18.2 Å². The zero-order chi connectivity index (χ0) is 13.0. The zero-order valence-electron chi connectivity index (χ0n) is 10.2. The van der Waals surface area contributed by atoms with E-state index < -0.39 is 5.97 Å². The molecule has 0 spiro atoms. The molecule has 0 atom stereocenters. The van der Waals surface area contributed by atoms with Gasteiger partial charge in [0.1, 0.15) is 5.52 Å². The maximum absolute atomic E-state index is 11.0. The first-order valence-corrected chi connectivity index (χ1v) is 5.87. The summed E-state index contributed by atoms with van der Waals surface area (Å²) in [7, 11) is 0. The van der Waals surface area contributed by atoms with Crippen LogP contribution in [0.2, 0.25) is 0 Å². The molecule has 0 bridgehead atoms. The number of hydrogen-bond acceptors (Lipinski definition) is 4. The maximum Gasteiger partial charge on any atom is 0.338 e. The third kappa shape index (κ3) is 2.48. The zero-order valence-corrected chi connectivity index (χ0v) is 10.2. The van der Waals surface area contributed by atoms with Gasteiger partial charge in [-0.15, -0.1) is 5.10 Å². The summed E-state index contributed by atoms with van der Waals surface area (Å²) in [5, 5.41) is 17.0. The second-order valence-electron chi connectivity index (χ2n) is 3.84. The first-order chi connectivity index (χ1) is 8.74. The molecule has 0 radical (unpaired) electrons. The van der Waals surface area contributed by atoms with Crippen LogP contribution in [0.1, 0.15) is 23.7 Å². The predicted molar refractivity (Wildman–Crippen MR) is 65.6 cm³/mol. The molecule has 2 rings (SSSR count). The van der Waals surface area contributed by atoms with Crippen LogP contribution in [0.25, 0.3) is 11.0 Å². The second kappa shape index (κ2) is 5.59. The van der Waals surface area contributed by atoms with E-state index >= 15 is 0 Å². The number of aromatic nitrogens is 3. The SMILES string of the molecule is CCOCCCn1nnc2c(C(=O)O)cccc21. The molecule has 1 N–H and O–H groups in total. The molecule has 18 heavy (non-hydrogen) atoms. The number of fused-ring (bicyclic) bond motifs is 1. The van der Waals surface area contributed by atoms with Gasteiger partial charge < -0.3 is 9.84 Å². The predicted octanol–water partition coefficient (Wildman–Crippen LogP) is 1.56. The minimum absolute atomic E-state index is 0.184. The van der Waals surface area contributed by atoms with Crippen molar-refractivity contribution in [3.63, 3.8) is 0 Å². The topological polar surface area (TPSA) is 77.2 Å². The number of carboxylic acid groups (broad SMARTS) is 1. The number of hydrogen-bond donors (Lipinski definition) is 1. The van der Waals surface area contributed by atoms with E-state index in [2.05, 4.69) is 10.3 Å². The third-order valence-corrected chi connectivity index (χ3v) is 2.64. The number of ether oxygens (including phenoxy) is 1. The molecule has 1 aromatic carbocycles. The lowest BCUT2D eigenvalue weighted by Gasteiger charge is -2.03. The third-order valence-electron chi connectivity index (χ3n) is 2.64. The molecule has 0 fully saturated rings. The number of carbonyl (C=O) groups is 1. The minimum Gasteiger partial charge on any atom is -0.478 e. The minimum atomic E-state index is -0.984. The summed E-state index contributed by atoms with van der Waals surface area (Å²) in [6.45, 7) is 3.97. The van der Waals surface area contributed by atoms with Crippen LogP contribution in [0, 0.1) is 0 Å². The number of benzene rings is 1. The highest BCUT2D eigenvalue weighted by Gasteiger charge is 2.13. The number of carboxylic acids is 1. The molecule has 1 heterocycles. The van der Waals surface area contributed by atoms with Gasteiger partial charge in [-0.1, -0.05) is 11.3 Å². The highest BCUT2D eigenvalue weighted by molar-refractivity contribution is 6.00. The van der Waals surface area contributed by atoms with Crippen LogP contribution in [-0.2, 0) is 11.3 Å². The van der Waals surface area contributed by atoms with Crippen molar-refractivity contribution < 1.29 is 14.6 Å². The largest absolute Gasteiger partial charge is 0.478 e. The Kier molecular flexibility index (Phi) is 3.88. The molecule has 0 saturated carbocycles. The highest BCUT2D eigenvalue weighted by atomic mass is 16.5. The van der Waals surface area contributed by atoms with Gasteiger partial charge in [0.15, 0.2) is 0 Å². The Morgan fingerprint density at radius 1 is 1.50 bits per heavy atom. The average Bonchev–Trinajstić information content (AvgIpc) is 2.77. The summed E-state index contributed by atoms with van der Waals surface area (Å²) >= 11 is 0. The molecule has 0 saturated heterocycles. The summed E-state index contributed by atoms with van der Waals surface area (Å²) in [5.74, 6) is -0.984. The molecule has 0 amide bonds. The van der Waals surface area contributed by atoms with Gasteiger partial charge in [-0.25, -0.2) is 9.48 Å². The van der Waals surface area contributed by atoms with Crippen LogP contribution in [0.3, 0.4) is 0 Å². The number of nitrogens with zero attached hydrogens (tertiary/aromatic N) is 3. The Hall–Kier alpha value is -1.95. The summed E-state index contributed by atoms with van der Waals surface area (Å²) < 4.78 is 6.96. The van der Waals surface area contributed by atoms with Gasteiger partial charge in [0, 0.05) is 19.8 Å². The molecule has 6 nitrogen and oxygen atoms in total. The monoisotopic (exact) mass is 249 g/mol. The van der Waals surface area contributed by atoms with E-state index in [0.717, 1.165) is 11.9 Å². The molecule has 6 heteroatoms. The van der Waals surface area contributed by atoms with Gasteiger partial charge in [-0.3, -0.25) is 0 Å². The highest BCUT2D eigenvalue weighted by Crippen LogP contribution is 2.16. The first kappa shape index (κ1) is 12.5. The van der Waals surface area contributed by atoms with E-state index in [-0.39, 0.29) is 5.56 Å². The first-order valence-electron chi connectivity index (χ1n) is 5.87. The summed E-state index contributed by atoms with van der Waals surface area (Å²) in [5.41, 5.74) is 1.36. The number of rotatable bonds is 6. The van der Waals surface area contributed by atoms with Crippen molar-refractivity contribution in [3.8, 4) is 0 Å². The van der Waals surface area contributed by atoms with Crippen LogP contribution in [-0.4, -0.2) is 39.3 Å². The van der Waals surface area contributed by atoms with Gasteiger partial charge >= 0.3 is 5.97 Å². The fraction of sp³-hybridized carbons (Fsp3) is 0.417. The standard InChI is InChI=1S/C12H15N3O3/c1-2-18-8-4-7-15-10-6-3-5-9(12(16)17)11(10)13-14-15/h3,5-6H,2,4,7-8H2,1H3,(H,16,17). The summed E-state index contributed by atoms with van der Waals surface area (Å²) in [4.78, 5) is 11.0. The fourth-order valence-corrected chi connectivity index (χ4v) is 1.79. The van der Waals surface area contributed by atoms with Crippen molar-refractivity contribution in [1.29, 1.82) is 0 Å². The summed E-state index contributed by atoms with van der Waals surface area (Å²) in [6, 6.07) is 5.06. The molecule has 1 aromatic heterocycles. The Morgan fingerprint density at radius 3 is 3.06 bits per heavy atom. The van der Waals surface area contributed by atoms with Gasteiger partial charge in [0.25, 0.3) is 0 Å². The normalized spacial score (nSPS) is 10.9. The number of aromatic carboxylic acids is 1. The van der Waals surface area contributed by atoms with Gasteiger partial charge in [-0.2, -0.15) is 0 Å². The van der Waals surface area contributed by atoms with Crippen molar-refractivity contribution in [2.45, 2.75) is 19.9 Å². The molecular formula is C12H15N3O3. The fourth-order valence-electron chi connectivity index (χ4n) is 1.79. The van der Waals surface area contributed by atoms with Gasteiger partial charge in [0.2, 0.25) is 0 Å². The molecular weight excluding hydrogens is 234 g/mol. The summed E-state index contributed by atoms with van der Waals surface area (Å²) in [6.07, 6.45) is 0.823. The molecule has 0 aliphatic heterocycles. The van der Waals surface area contributed by atoms with E-state index in [0.29, 0.717) is 25.3 Å². The Balaban J connectivity index is 2.20. The van der Waals surface area contributed by atoms with E-state index in [9.17, 15) is 4.79 Å². The number of aryl methyl sites for hydroxylation is 1. The quantitative estimate of drug-likeness (QED) is 0.786. The van der Waals surface area contributed by atoms with Crippen molar-refractivity contribution in [2.24, 2.45) is 0 Å². The Labute approximate surface area is 104 Å². The second-order valence-corrected chi connectivity index (χ2v) is 3.84. The van der Waals surface area contributed by atoms with Crippen LogP contribution >= 0.6 is 0 Å². The molecule has 2 aromatic rings. The van der Waals surface area contributed by atoms with Gasteiger partial charge in [0.05, 0.1) is 11.1 Å².